The summed E-state index contributed by atoms with van der Waals surface area (Å²) in [6.07, 6.45) is 5.01. The summed E-state index contributed by atoms with van der Waals surface area (Å²) in [5, 5.41) is 11.3. The van der Waals surface area contributed by atoms with E-state index in [-0.39, 0.29) is 11.4 Å². The van der Waals surface area contributed by atoms with Gasteiger partial charge in [-0.25, -0.2) is 14.4 Å². The number of hydrogen-bond acceptors (Lipinski definition) is 6. The SMILES string of the molecule is O=C(Nc1ccccn1)C(c1ccccc1)n1cc2ccc(-c3ccc(N4CCNCC4)nc3)c(F)c2n1. The summed E-state index contributed by atoms with van der Waals surface area (Å²) in [7, 11) is 0. The molecule has 0 spiro atoms. The lowest BCUT2D eigenvalue weighted by molar-refractivity contribution is -0.118. The lowest BCUT2D eigenvalue weighted by Crippen LogP contribution is -2.43. The number of anilines is 2. The largest absolute Gasteiger partial charge is 0.354 e. The molecule has 5 aromatic rings. The van der Waals surface area contributed by atoms with E-state index >= 15 is 4.39 Å². The fraction of sp³-hybridized carbons (Fsp3) is 0.172. The number of hydrogen-bond donors (Lipinski definition) is 2. The van der Waals surface area contributed by atoms with Gasteiger partial charge < -0.3 is 15.5 Å². The van der Waals surface area contributed by atoms with Crippen molar-refractivity contribution in [1.82, 2.24) is 25.1 Å². The smallest absolute Gasteiger partial charge is 0.254 e. The van der Waals surface area contributed by atoms with Crippen molar-refractivity contribution in [2.75, 3.05) is 36.4 Å². The lowest BCUT2D eigenvalue weighted by atomic mass is 10.1. The fourth-order valence-corrected chi connectivity index (χ4v) is 4.74. The Kier molecular flexibility index (Phi) is 6.49. The van der Waals surface area contributed by atoms with Crippen LogP contribution in [-0.2, 0) is 4.79 Å². The van der Waals surface area contributed by atoms with Crippen molar-refractivity contribution in [3.05, 3.63) is 103 Å². The molecule has 1 fully saturated rings. The van der Waals surface area contributed by atoms with Gasteiger partial charge in [-0.1, -0.05) is 48.5 Å². The van der Waals surface area contributed by atoms with Gasteiger partial charge in [0.25, 0.3) is 5.91 Å². The molecule has 6 rings (SSSR count). The number of halogens is 1. The molecule has 190 valence electrons. The van der Waals surface area contributed by atoms with Crippen LogP contribution in [0.5, 0.6) is 0 Å². The molecule has 1 aliphatic rings. The molecule has 8 nitrogen and oxygen atoms in total. The molecule has 1 saturated heterocycles. The van der Waals surface area contributed by atoms with E-state index < -0.39 is 11.9 Å². The third kappa shape index (κ3) is 4.71. The van der Waals surface area contributed by atoms with E-state index in [0.717, 1.165) is 37.6 Å². The Morgan fingerprint density at radius 2 is 1.76 bits per heavy atom. The van der Waals surface area contributed by atoms with E-state index in [0.29, 0.717) is 22.3 Å². The first kappa shape index (κ1) is 23.7. The molecule has 4 heterocycles. The molecule has 38 heavy (non-hydrogen) atoms. The van der Waals surface area contributed by atoms with Gasteiger partial charge in [0.2, 0.25) is 0 Å². The van der Waals surface area contributed by atoms with Gasteiger partial charge in [-0.2, -0.15) is 5.10 Å². The van der Waals surface area contributed by atoms with Gasteiger partial charge in [0.15, 0.2) is 11.9 Å². The molecule has 0 radical (unpaired) electrons. The van der Waals surface area contributed by atoms with Gasteiger partial charge in [-0.3, -0.25) is 9.48 Å². The van der Waals surface area contributed by atoms with Crippen molar-refractivity contribution in [3.63, 3.8) is 0 Å². The Labute approximate surface area is 219 Å². The number of pyridine rings is 2. The van der Waals surface area contributed by atoms with Crippen LogP contribution >= 0.6 is 0 Å². The molecule has 9 heteroatoms. The van der Waals surface area contributed by atoms with Crippen LogP contribution in [0.1, 0.15) is 11.6 Å². The van der Waals surface area contributed by atoms with Crippen LogP contribution in [0.3, 0.4) is 0 Å². The van der Waals surface area contributed by atoms with Gasteiger partial charge in [-0.15, -0.1) is 0 Å². The van der Waals surface area contributed by atoms with Crippen LogP contribution in [0.2, 0.25) is 0 Å². The Bertz CT molecular complexity index is 1550. The standard InChI is InChI=1S/C29H26FN7O/c30-26-23(21-10-12-25(33-18-21)36-16-14-31-15-17-36)11-9-22-19-37(35-27(22)26)28(20-6-2-1-3-7-20)29(38)34-24-8-4-5-13-32-24/h1-13,18-19,28,31H,14-17H2,(H,32,34,38). The van der Waals surface area contributed by atoms with E-state index in [4.69, 9.17) is 0 Å². The minimum atomic E-state index is -0.812. The molecule has 0 bridgehead atoms. The monoisotopic (exact) mass is 507 g/mol. The molecule has 2 aromatic carbocycles. The molecular formula is C29H26FN7O. The summed E-state index contributed by atoms with van der Waals surface area (Å²) in [5.41, 5.74) is 2.00. The Morgan fingerprint density at radius 3 is 2.50 bits per heavy atom. The van der Waals surface area contributed by atoms with Crippen molar-refractivity contribution in [2.45, 2.75) is 6.04 Å². The predicted octanol–water partition coefficient (Wildman–Crippen LogP) is 4.27. The minimum absolute atomic E-state index is 0.195. The van der Waals surface area contributed by atoms with E-state index in [9.17, 15) is 4.79 Å². The maximum absolute atomic E-state index is 15.8. The summed E-state index contributed by atoms with van der Waals surface area (Å²) >= 11 is 0. The van der Waals surface area contributed by atoms with Crippen molar-refractivity contribution in [1.29, 1.82) is 0 Å². The molecule has 0 aliphatic carbocycles. The second kappa shape index (κ2) is 10.4. The normalized spacial score (nSPS) is 14.4. The number of fused-ring (bicyclic) bond motifs is 1. The number of carbonyl (C=O) groups is 1. The van der Waals surface area contributed by atoms with Crippen LogP contribution in [-0.4, -0.2) is 51.8 Å². The molecule has 1 unspecified atom stereocenters. The minimum Gasteiger partial charge on any atom is -0.354 e. The number of amides is 1. The van der Waals surface area contributed by atoms with E-state index in [2.05, 4.69) is 30.6 Å². The summed E-state index contributed by atoms with van der Waals surface area (Å²) in [5.74, 6) is 0.539. The summed E-state index contributed by atoms with van der Waals surface area (Å²) in [6, 6.07) is 21.1. The van der Waals surface area contributed by atoms with Crippen molar-refractivity contribution < 1.29 is 9.18 Å². The Balaban J connectivity index is 1.34. The summed E-state index contributed by atoms with van der Waals surface area (Å²) in [4.78, 5) is 24.4. The van der Waals surface area contributed by atoms with E-state index in [1.807, 2.05) is 48.5 Å². The van der Waals surface area contributed by atoms with Crippen LogP contribution < -0.4 is 15.5 Å². The van der Waals surface area contributed by atoms with Crippen molar-refractivity contribution in [2.24, 2.45) is 0 Å². The number of piperazine rings is 1. The molecule has 1 amide bonds. The fourth-order valence-electron chi connectivity index (χ4n) is 4.74. The average molecular weight is 508 g/mol. The van der Waals surface area contributed by atoms with Gasteiger partial charge in [0, 0.05) is 61.3 Å². The molecule has 0 saturated carbocycles. The quantitative estimate of drug-likeness (QED) is 0.357. The van der Waals surface area contributed by atoms with Crippen molar-refractivity contribution in [3.8, 4) is 11.1 Å². The zero-order valence-corrected chi connectivity index (χ0v) is 20.6. The third-order valence-electron chi connectivity index (χ3n) is 6.68. The summed E-state index contributed by atoms with van der Waals surface area (Å²) < 4.78 is 17.3. The summed E-state index contributed by atoms with van der Waals surface area (Å²) in [6.45, 7) is 3.61. The topological polar surface area (TPSA) is 88.0 Å². The Hall–Kier alpha value is -4.63. The van der Waals surface area contributed by atoms with E-state index in [1.54, 1.807) is 42.9 Å². The number of aromatic nitrogens is 4. The average Bonchev–Trinajstić information content (AvgIpc) is 3.40. The molecule has 2 N–H and O–H groups in total. The molecule has 3 aromatic heterocycles. The highest BCUT2D eigenvalue weighted by Gasteiger charge is 2.25. The lowest BCUT2D eigenvalue weighted by Gasteiger charge is -2.28. The molecule has 1 atom stereocenters. The Morgan fingerprint density at radius 1 is 0.947 bits per heavy atom. The zero-order valence-electron chi connectivity index (χ0n) is 20.6. The van der Waals surface area contributed by atoms with Gasteiger partial charge in [-0.05, 0) is 29.8 Å². The first-order valence-electron chi connectivity index (χ1n) is 12.5. The van der Waals surface area contributed by atoms with E-state index in [1.165, 1.54) is 4.68 Å². The highest BCUT2D eigenvalue weighted by molar-refractivity contribution is 5.95. The second-order valence-corrected chi connectivity index (χ2v) is 9.13. The number of nitrogens with zero attached hydrogens (tertiary/aromatic N) is 5. The van der Waals surface area contributed by atoms with Crippen LogP contribution in [0.15, 0.2) is 91.4 Å². The van der Waals surface area contributed by atoms with Gasteiger partial charge >= 0.3 is 0 Å². The first-order chi connectivity index (χ1) is 18.7. The number of benzene rings is 2. The molecule has 1 aliphatic heterocycles. The first-order valence-corrected chi connectivity index (χ1v) is 12.5. The van der Waals surface area contributed by atoms with Gasteiger partial charge in [0.1, 0.15) is 17.2 Å². The maximum Gasteiger partial charge on any atom is 0.254 e. The molecular weight excluding hydrogens is 481 g/mol. The highest BCUT2D eigenvalue weighted by Crippen LogP contribution is 2.30. The zero-order chi connectivity index (χ0) is 25.9. The predicted molar refractivity (Wildman–Crippen MR) is 145 cm³/mol. The second-order valence-electron chi connectivity index (χ2n) is 9.13. The maximum atomic E-state index is 15.8. The number of carbonyl (C=O) groups excluding carboxylic acids is 1. The third-order valence-corrected chi connectivity index (χ3v) is 6.68. The van der Waals surface area contributed by atoms with Crippen molar-refractivity contribution >= 4 is 28.4 Å². The van der Waals surface area contributed by atoms with Gasteiger partial charge in [0.05, 0.1) is 0 Å². The van der Waals surface area contributed by atoms with Crippen LogP contribution in [0.25, 0.3) is 22.0 Å². The highest BCUT2D eigenvalue weighted by atomic mass is 19.1. The number of rotatable bonds is 6. The van der Waals surface area contributed by atoms with Crippen LogP contribution in [0.4, 0.5) is 16.0 Å². The van der Waals surface area contributed by atoms with Crippen LogP contribution in [0, 0.1) is 5.82 Å². The number of nitrogens with one attached hydrogen (secondary N) is 2.